The third-order valence-corrected chi connectivity index (χ3v) is 5.37. The van der Waals surface area contributed by atoms with Crippen LogP contribution in [0.5, 0.6) is 11.5 Å². The van der Waals surface area contributed by atoms with E-state index < -0.39 is 16.0 Å². The molecule has 150 valence electrons. The quantitative estimate of drug-likeness (QED) is 0.649. The van der Waals surface area contributed by atoms with Crippen LogP contribution in [0.1, 0.15) is 30.9 Å². The lowest BCUT2D eigenvalue weighted by Gasteiger charge is -2.18. The normalized spacial score (nSPS) is 11.6. The van der Waals surface area contributed by atoms with Crippen LogP contribution in [0.25, 0.3) is 6.08 Å². The molecule has 0 atom stereocenters. The fraction of sp³-hybridized carbons (Fsp3) is 0.250. The molecule has 7 nitrogen and oxygen atoms in total. The zero-order valence-corrected chi connectivity index (χ0v) is 16.9. The molecule has 0 radical (unpaired) electrons. The summed E-state index contributed by atoms with van der Waals surface area (Å²) in [5, 5.41) is 8.84. The van der Waals surface area contributed by atoms with E-state index in [0.29, 0.717) is 11.3 Å². The number of rotatable bonds is 8. The second kappa shape index (κ2) is 8.79. The molecule has 2 aromatic rings. The molecule has 2 rings (SSSR count). The molecule has 2 aromatic carbocycles. The first kappa shape index (κ1) is 21.3. The smallest absolute Gasteiger partial charge is 0.328 e. The molecule has 0 aliphatic rings. The van der Waals surface area contributed by atoms with Crippen molar-refractivity contribution in [3.63, 3.8) is 0 Å². The van der Waals surface area contributed by atoms with E-state index in [1.54, 1.807) is 12.1 Å². The van der Waals surface area contributed by atoms with Crippen LogP contribution in [-0.2, 0) is 14.8 Å². The lowest BCUT2D eigenvalue weighted by atomic mass is 10.0. The molecule has 0 saturated carbocycles. The first-order valence-corrected chi connectivity index (χ1v) is 9.96. The van der Waals surface area contributed by atoms with Crippen molar-refractivity contribution in [3.8, 4) is 11.5 Å². The Morgan fingerprint density at radius 1 is 1.14 bits per heavy atom. The number of carbonyl (C=O) groups is 1. The van der Waals surface area contributed by atoms with E-state index in [9.17, 15) is 13.2 Å². The van der Waals surface area contributed by atoms with Crippen molar-refractivity contribution in [2.24, 2.45) is 0 Å². The summed E-state index contributed by atoms with van der Waals surface area (Å²) in [6.07, 6.45) is 2.20. The number of carboxylic acid groups (broad SMARTS) is 1. The zero-order chi connectivity index (χ0) is 20.9. The maximum Gasteiger partial charge on any atom is 0.328 e. The van der Waals surface area contributed by atoms with Gasteiger partial charge in [0.05, 0.1) is 19.9 Å². The van der Waals surface area contributed by atoms with Crippen molar-refractivity contribution in [2.75, 3.05) is 18.9 Å². The van der Waals surface area contributed by atoms with Gasteiger partial charge in [0.2, 0.25) is 0 Å². The maximum atomic E-state index is 13.1. The fourth-order valence-corrected chi connectivity index (χ4v) is 4.01. The van der Waals surface area contributed by atoms with Crippen LogP contribution >= 0.6 is 0 Å². The molecule has 0 saturated heterocycles. The number of para-hydroxylation sites is 1. The number of methoxy groups -OCH3 is 2. The molecule has 0 aromatic heterocycles. The third kappa shape index (κ3) is 4.83. The summed E-state index contributed by atoms with van der Waals surface area (Å²) in [6, 6.07) is 9.96. The predicted octanol–water partition coefficient (Wildman–Crippen LogP) is 3.73. The van der Waals surface area contributed by atoms with Crippen molar-refractivity contribution in [3.05, 3.63) is 53.6 Å². The summed E-state index contributed by atoms with van der Waals surface area (Å²) in [4.78, 5) is 10.6. The van der Waals surface area contributed by atoms with Crippen molar-refractivity contribution in [1.29, 1.82) is 0 Å². The van der Waals surface area contributed by atoms with E-state index in [1.165, 1.54) is 32.4 Å². The number of nitrogens with one attached hydrogen (secondary N) is 1. The Labute approximate surface area is 164 Å². The van der Waals surface area contributed by atoms with Gasteiger partial charge in [-0.25, -0.2) is 13.2 Å². The average molecular weight is 405 g/mol. The van der Waals surface area contributed by atoms with Gasteiger partial charge in [-0.3, -0.25) is 4.72 Å². The predicted molar refractivity (Wildman–Crippen MR) is 108 cm³/mol. The molecule has 0 spiro atoms. The van der Waals surface area contributed by atoms with Crippen LogP contribution in [0.15, 0.2) is 47.4 Å². The lowest BCUT2D eigenvalue weighted by molar-refractivity contribution is -0.131. The molecule has 0 fully saturated rings. The fourth-order valence-electron chi connectivity index (χ4n) is 2.71. The number of aliphatic carboxylic acids is 1. The minimum Gasteiger partial charge on any atom is -0.493 e. The summed E-state index contributed by atoms with van der Waals surface area (Å²) >= 11 is 0. The highest BCUT2D eigenvalue weighted by atomic mass is 32.2. The number of hydrogen-bond acceptors (Lipinski definition) is 5. The molecule has 0 aliphatic heterocycles. The zero-order valence-electron chi connectivity index (χ0n) is 16.1. The molecule has 0 amide bonds. The Kier molecular flexibility index (Phi) is 6.69. The van der Waals surface area contributed by atoms with Gasteiger partial charge in [-0.1, -0.05) is 32.0 Å². The van der Waals surface area contributed by atoms with Gasteiger partial charge < -0.3 is 14.6 Å². The minimum absolute atomic E-state index is 0.0319. The minimum atomic E-state index is -4.04. The summed E-state index contributed by atoms with van der Waals surface area (Å²) < 4.78 is 39.4. The Bertz CT molecular complexity index is 996. The summed E-state index contributed by atoms with van der Waals surface area (Å²) in [5.41, 5.74) is 1.65. The molecule has 0 aliphatic carbocycles. The number of carboxylic acids is 1. The van der Waals surface area contributed by atoms with Crippen LogP contribution in [0.3, 0.4) is 0 Å². The molecule has 28 heavy (non-hydrogen) atoms. The van der Waals surface area contributed by atoms with E-state index in [0.717, 1.165) is 11.6 Å². The highest BCUT2D eigenvalue weighted by Crippen LogP contribution is 2.37. The first-order chi connectivity index (χ1) is 13.2. The molecule has 0 unspecified atom stereocenters. The largest absolute Gasteiger partial charge is 0.493 e. The number of anilines is 1. The molecule has 8 heteroatoms. The van der Waals surface area contributed by atoms with Crippen LogP contribution in [0.2, 0.25) is 0 Å². The number of benzene rings is 2. The number of sulfonamides is 1. The first-order valence-electron chi connectivity index (χ1n) is 8.48. The molecular formula is C20H23NO6S. The standard InChI is InChI=1S/C20H23NO6S/c1-13(2)15-7-5-6-8-16(15)21-28(24,25)18-12-14(9-10-19(22)23)11-17(26-3)20(18)27-4/h5-13,21H,1-4H3,(H,22,23)/b10-9+. The Hall–Kier alpha value is -3.00. The van der Waals surface area contributed by atoms with E-state index >= 15 is 0 Å². The van der Waals surface area contributed by atoms with Crippen LogP contribution in [-0.4, -0.2) is 33.7 Å². The third-order valence-electron chi connectivity index (χ3n) is 4.00. The van der Waals surface area contributed by atoms with Crippen LogP contribution in [0, 0.1) is 0 Å². The number of hydrogen-bond donors (Lipinski definition) is 2. The van der Waals surface area contributed by atoms with Crippen LogP contribution in [0.4, 0.5) is 5.69 Å². The van der Waals surface area contributed by atoms with Gasteiger partial charge in [0.25, 0.3) is 10.0 Å². The Morgan fingerprint density at radius 2 is 1.82 bits per heavy atom. The van der Waals surface area contributed by atoms with E-state index in [2.05, 4.69) is 4.72 Å². The molecule has 0 heterocycles. The van der Waals surface area contributed by atoms with Crippen molar-refractivity contribution >= 4 is 27.8 Å². The van der Waals surface area contributed by atoms with Crippen molar-refractivity contribution < 1.29 is 27.8 Å². The SMILES string of the molecule is COc1cc(/C=C/C(=O)O)cc(S(=O)(=O)Nc2ccccc2C(C)C)c1OC. The van der Waals surface area contributed by atoms with Gasteiger partial charge in [-0.15, -0.1) is 0 Å². The lowest BCUT2D eigenvalue weighted by Crippen LogP contribution is -2.16. The highest BCUT2D eigenvalue weighted by Gasteiger charge is 2.25. The van der Waals surface area contributed by atoms with Crippen molar-refractivity contribution in [2.45, 2.75) is 24.7 Å². The summed E-state index contributed by atoms with van der Waals surface area (Å²) in [6.45, 7) is 3.93. The van der Waals surface area contributed by atoms with Gasteiger partial charge in [0.15, 0.2) is 11.5 Å². The van der Waals surface area contributed by atoms with Gasteiger partial charge in [0, 0.05) is 6.08 Å². The maximum absolute atomic E-state index is 13.1. The number of ether oxygens (including phenoxy) is 2. The monoisotopic (exact) mass is 405 g/mol. The second-order valence-corrected chi connectivity index (χ2v) is 7.92. The van der Waals surface area contributed by atoms with Gasteiger partial charge in [-0.2, -0.15) is 0 Å². The topological polar surface area (TPSA) is 102 Å². The summed E-state index contributed by atoms with van der Waals surface area (Å²) in [7, 11) is -1.33. The second-order valence-electron chi connectivity index (χ2n) is 6.27. The Balaban J connectivity index is 2.60. The van der Waals surface area contributed by atoms with E-state index in [-0.39, 0.29) is 22.3 Å². The summed E-state index contributed by atoms with van der Waals surface area (Å²) in [5.74, 6) is -0.833. The van der Waals surface area contributed by atoms with E-state index in [4.69, 9.17) is 14.6 Å². The van der Waals surface area contributed by atoms with Crippen molar-refractivity contribution in [1.82, 2.24) is 0 Å². The molecule has 2 N–H and O–H groups in total. The average Bonchev–Trinajstić information content (AvgIpc) is 2.65. The Morgan fingerprint density at radius 3 is 2.39 bits per heavy atom. The van der Waals surface area contributed by atoms with E-state index in [1.807, 2.05) is 26.0 Å². The van der Waals surface area contributed by atoms with Crippen LogP contribution < -0.4 is 14.2 Å². The highest BCUT2D eigenvalue weighted by molar-refractivity contribution is 7.92. The van der Waals surface area contributed by atoms with Gasteiger partial charge in [-0.05, 0) is 41.3 Å². The molecular weight excluding hydrogens is 382 g/mol. The molecule has 0 bridgehead atoms. The van der Waals surface area contributed by atoms with Gasteiger partial charge in [0.1, 0.15) is 4.90 Å². The van der Waals surface area contributed by atoms with Gasteiger partial charge >= 0.3 is 5.97 Å².